The first-order valence-electron chi connectivity index (χ1n) is 7.54. The number of hydrogen-bond acceptors (Lipinski definition) is 6. The van der Waals surface area contributed by atoms with E-state index in [0.717, 1.165) is 16.8 Å². The van der Waals surface area contributed by atoms with Gasteiger partial charge in [-0.2, -0.15) is 5.10 Å². The molecule has 0 aliphatic carbocycles. The number of anilines is 1. The largest absolute Gasteiger partial charge is 0.399 e. The number of carbonyl (C=O) groups is 1. The van der Waals surface area contributed by atoms with Crippen LogP contribution in [0.15, 0.2) is 74.8 Å². The molecule has 6 heteroatoms. The highest BCUT2D eigenvalue weighted by molar-refractivity contribution is 8.06. The zero-order valence-electron chi connectivity index (χ0n) is 14.3. The number of aliphatic imine (C=N–C) groups is 1. The van der Waals surface area contributed by atoms with Crippen LogP contribution in [0.2, 0.25) is 0 Å². The predicted molar refractivity (Wildman–Crippen MR) is 108 cm³/mol. The van der Waals surface area contributed by atoms with Gasteiger partial charge in [-0.1, -0.05) is 36.0 Å². The molecule has 1 aromatic carbocycles. The van der Waals surface area contributed by atoms with Gasteiger partial charge in [0.2, 0.25) is 0 Å². The van der Waals surface area contributed by atoms with Gasteiger partial charge in [0.25, 0.3) is 0 Å². The summed E-state index contributed by atoms with van der Waals surface area (Å²) in [6.45, 7) is 11.3. The molecule has 0 aromatic heterocycles. The van der Waals surface area contributed by atoms with E-state index in [9.17, 15) is 4.79 Å². The lowest BCUT2D eigenvalue weighted by atomic mass is 10.1. The smallest absolute Gasteiger partial charge is 0.195 e. The molecule has 0 bridgehead atoms. The van der Waals surface area contributed by atoms with E-state index in [0.29, 0.717) is 16.4 Å². The Labute approximate surface area is 152 Å². The molecule has 1 aliphatic rings. The van der Waals surface area contributed by atoms with Crippen LogP contribution in [0.4, 0.5) is 5.69 Å². The van der Waals surface area contributed by atoms with Gasteiger partial charge in [-0.15, -0.1) is 0 Å². The summed E-state index contributed by atoms with van der Waals surface area (Å²) < 4.78 is 0. The minimum Gasteiger partial charge on any atom is -0.399 e. The third kappa shape index (κ3) is 4.81. The van der Waals surface area contributed by atoms with E-state index in [2.05, 4.69) is 23.4 Å². The minimum atomic E-state index is -0.225. The van der Waals surface area contributed by atoms with E-state index >= 15 is 0 Å². The number of rotatable bonds is 6. The predicted octanol–water partition coefficient (Wildman–Crippen LogP) is 4.19. The maximum absolute atomic E-state index is 12.4. The van der Waals surface area contributed by atoms with Crippen LogP contribution in [0, 0.1) is 0 Å². The van der Waals surface area contributed by atoms with Crippen LogP contribution in [0.5, 0.6) is 0 Å². The lowest BCUT2D eigenvalue weighted by molar-refractivity contribution is -0.110. The Bertz CT molecular complexity index is 830. The molecule has 1 heterocycles. The van der Waals surface area contributed by atoms with Crippen LogP contribution in [0.3, 0.4) is 0 Å². The van der Waals surface area contributed by atoms with Gasteiger partial charge in [-0.25, -0.2) is 10.0 Å². The molecule has 1 aromatic rings. The number of hydrogen-bond donors (Lipinski definition) is 1. The summed E-state index contributed by atoms with van der Waals surface area (Å²) in [4.78, 5) is 17.0. The number of ketones is 1. The molecular weight excluding hydrogens is 332 g/mol. The van der Waals surface area contributed by atoms with E-state index in [-0.39, 0.29) is 5.78 Å². The molecule has 0 amide bonds. The molecule has 5 nitrogen and oxygen atoms in total. The standard InChI is InChI=1S/C19H20N4OS/c1-13(2)12-25-14(3)18(24)11-19-22-9-8-17(23(19)21-4)15-6-5-7-16(20)10-15/h5-12H,3-4,20H2,1-2H3/b19-11+. The molecule has 2 rings (SSSR count). The summed E-state index contributed by atoms with van der Waals surface area (Å²) in [6, 6.07) is 7.39. The zero-order valence-corrected chi connectivity index (χ0v) is 15.1. The Balaban J connectivity index is 2.28. The van der Waals surface area contributed by atoms with Gasteiger partial charge in [0.15, 0.2) is 11.6 Å². The lowest BCUT2D eigenvalue weighted by Crippen LogP contribution is -2.18. The number of thioether (sulfide) groups is 1. The van der Waals surface area contributed by atoms with Gasteiger partial charge < -0.3 is 5.73 Å². The fraction of sp³-hybridized carbons (Fsp3) is 0.105. The van der Waals surface area contributed by atoms with Crippen molar-refractivity contribution in [1.82, 2.24) is 5.01 Å². The minimum absolute atomic E-state index is 0.225. The van der Waals surface area contributed by atoms with Crippen molar-refractivity contribution in [3.05, 3.63) is 70.3 Å². The van der Waals surface area contributed by atoms with E-state index < -0.39 is 0 Å². The van der Waals surface area contributed by atoms with Crippen molar-refractivity contribution < 1.29 is 4.79 Å². The Morgan fingerprint density at radius 1 is 1.40 bits per heavy atom. The first kappa shape index (κ1) is 18.5. The maximum atomic E-state index is 12.4. The highest BCUT2D eigenvalue weighted by Gasteiger charge is 2.19. The summed E-state index contributed by atoms with van der Waals surface area (Å²) in [6.07, 6.45) is 4.81. The van der Waals surface area contributed by atoms with Crippen molar-refractivity contribution in [1.29, 1.82) is 0 Å². The molecule has 0 saturated carbocycles. The Kier molecular flexibility index (Phi) is 6.14. The van der Waals surface area contributed by atoms with Crippen LogP contribution >= 0.6 is 11.8 Å². The third-order valence-corrected chi connectivity index (χ3v) is 4.26. The number of allylic oxidation sites excluding steroid dienone is 4. The lowest BCUT2D eigenvalue weighted by Gasteiger charge is -2.24. The van der Waals surface area contributed by atoms with Crippen molar-refractivity contribution in [3.63, 3.8) is 0 Å². The molecule has 0 radical (unpaired) electrons. The summed E-state index contributed by atoms with van der Waals surface area (Å²) in [5.41, 5.74) is 9.18. The zero-order chi connectivity index (χ0) is 18.4. The second-order valence-electron chi connectivity index (χ2n) is 5.51. The normalized spacial score (nSPS) is 14.9. The molecule has 1 aliphatic heterocycles. The van der Waals surface area contributed by atoms with Gasteiger partial charge >= 0.3 is 0 Å². The third-order valence-electron chi connectivity index (χ3n) is 3.18. The number of nitrogens with zero attached hydrogens (tertiary/aromatic N) is 3. The van der Waals surface area contributed by atoms with E-state index in [1.165, 1.54) is 22.8 Å². The van der Waals surface area contributed by atoms with Crippen molar-refractivity contribution in [2.45, 2.75) is 13.8 Å². The quantitative estimate of drug-likeness (QED) is 0.473. The average molecular weight is 352 g/mol. The van der Waals surface area contributed by atoms with Gasteiger partial charge in [0.1, 0.15) is 0 Å². The molecule has 0 saturated heterocycles. The van der Waals surface area contributed by atoms with Crippen LogP contribution in [-0.2, 0) is 4.79 Å². The first-order valence-corrected chi connectivity index (χ1v) is 8.42. The van der Waals surface area contributed by atoms with Crippen LogP contribution in [0.1, 0.15) is 19.4 Å². The van der Waals surface area contributed by atoms with Crippen LogP contribution in [0.25, 0.3) is 5.70 Å². The summed E-state index contributed by atoms with van der Waals surface area (Å²) >= 11 is 1.29. The fourth-order valence-electron chi connectivity index (χ4n) is 2.04. The van der Waals surface area contributed by atoms with Crippen LogP contribution in [-0.4, -0.2) is 23.7 Å². The number of carbonyl (C=O) groups excluding carboxylic acids is 1. The Morgan fingerprint density at radius 2 is 2.16 bits per heavy atom. The van der Waals surface area contributed by atoms with Crippen molar-refractivity contribution in [2.75, 3.05) is 5.73 Å². The van der Waals surface area contributed by atoms with Gasteiger partial charge in [0, 0.05) is 30.3 Å². The molecule has 0 fully saturated rings. The summed E-state index contributed by atoms with van der Waals surface area (Å²) in [5, 5.41) is 7.38. The van der Waals surface area contributed by atoms with Crippen LogP contribution < -0.4 is 5.73 Å². The van der Waals surface area contributed by atoms with Gasteiger partial charge in [-0.3, -0.25) is 4.79 Å². The molecule has 0 unspecified atom stereocenters. The number of benzene rings is 1. The van der Waals surface area contributed by atoms with E-state index in [1.807, 2.05) is 37.5 Å². The second kappa shape index (κ2) is 8.30. The Hall–Kier alpha value is -2.86. The first-order chi connectivity index (χ1) is 11.9. The number of hydrazone groups is 1. The number of nitrogens with two attached hydrogens (primary N) is 1. The maximum Gasteiger partial charge on any atom is 0.195 e. The van der Waals surface area contributed by atoms with Gasteiger partial charge in [0.05, 0.1) is 10.6 Å². The van der Waals surface area contributed by atoms with Crippen molar-refractivity contribution >= 4 is 41.9 Å². The highest BCUT2D eigenvalue weighted by atomic mass is 32.2. The monoisotopic (exact) mass is 352 g/mol. The number of nitrogen functional groups attached to an aromatic ring is 1. The molecular formula is C19H20N4OS. The highest BCUT2D eigenvalue weighted by Crippen LogP contribution is 2.28. The molecule has 0 spiro atoms. The summed E-state index contributed by atoms with van der Waals surface area (Å²) in [7, 11) is 0. The average Bonchev–Trinajstić information content (AvgIpc) is 2.59. The molecule has 0 atom stereocenters. The molecule has 128 valence electrons. The SMILES string of the molecule is C=NN1C(c2cccc(N)c2)=CC=N/C1=C\C(=O)C(=C)SC=C(C)C. The molecule has 2 N–H and O–H groups in total. The Morgan fingerprint density at radius 3 is 2.80 bits per heavy atom. The van der Waals surface area contributed by atoms with Crippen molar-refractivity contribution in [2.24, 2.45) is 10.1 Å². The second-order valence-corrected chi connectivity index (χ2v) is 6.48. The van der Waals surface area contributed by atoms with E-state index in [4.69, 9.17) is 5.73 Å². The molecule has 25 heavy (non-hydrogen) atoms. The summed E-state index contributed by atoms with van der Waals surface area (Å²) in [5.74, 6) is 0.149. The van der Waals surface area contributed by atoms with Crippen molar-refractivity contribution in [3.8, 4) is 0 Å². The van der Waals surface area contributed by atoms with Gasteiger partial charge in [-0.05, 0) is 37.5 Å². The van der Waals surface area contributed by atoms with E-state index in [1.54, 1.807) is 18.4 Å². The fourth-order valence-corrected chi connectivity index (χ4v) is 2.59. The topological polar surface area (TPSA) is 71.0 Å².